The van der Waals surface area contributed by atoms with Gasteiger partial charge >= 0.3 is 0 Å². The summed E-state index contributed by atoms with van der Waals surface area (Å²) >= 11 is 0. The number of rotatable bonds is 19. The van der Waals surface area contributed by atoms with Gasteiger partial charge in [0.25, 0.3) is 0 Å². The second kappa shape index (κ2) is 16.7. The van der Waals surface area contributed by atoms with Crippen LogP contribution in [0.15, 0.2) is 37.0 Å². The van der Waals surface area contributed by atoms with E-state index in [2.05, 4.69) is 51.9 Å². The van der Waals surface area contributed by atoms with E-state index in [0.717, 1.165) is 4.48 Å². The van der Waals surface area contributed by atoms with Gasteiger partial charge < -0.3 is 0 Å². The third kappa shape index (κ3) is 12.3. The van der Waals surface area contributed by atoms with Crippen molar-refractivity contribution in [3.8, 4) is 0 Å². The number of benzene rings is 1. The van der Waals surface area contributed by atoms with Crippen LogP contribution < -0.4 is 4.48 Å². The molecule has 0 unspecified atom stereocenters. The fourth-order valence-electron chi connectivity index (χ4n) is 4.25. The quantitative estimate of drug-likeness (QED) is 0.160. The lowest BCUT2D eigenvalue weighted by Gasteiger charge is -2.26. The zero-order valence-electron chi connectivity index (χ0n) is 20.1. The van der Waals surface area contributed by atoms with Gasteiger partial charge in [0.1, 0.15) is 5.69 Å². The van der Waals surface area contributed by atoms with Gasteiger partial charge in [-0.25, -0.2) is 0 Å². The number of para-hydroxylation sites is 1. The fraction of sp³-hybridized carbons (Fsp3) is 0.714. The van der Waals surface area contributed by atoms with Crippen LogP contribution in [-0.2, 0) is 6.42 Å². The summed E-state index contributed by atoms with van der Waals surface area (Å²) in [5, 5.41) is 0. The van der Waals surface area contributed by atoms with Crippen molar-refractivity contribution in [1.82, 2.24) is 4.48 Å². The third-order valence-corrected chi connectivity index (χ3v) is 6.37. The van der Waals surface area contributed by atoms with E-state index in [1.165, 1.54) is 120 Å². The molecule has 0 heterocycles. The van der Waals surface area contributed by atoms with Crippen molar-refractivity contribution < 1.29 is 0 Å². The molecule has 1 aromatic carbocycles. The standard InChI is InChI=1S/C28H50N/c1-5-7-8-9-10-11-12-13-14-15-16-17-18-19-20-21-24-27-25-22-23-26-28(27)29(3,4)6-2/h6,22-23,25-26H,2,5,7-21,24H2,1,3-4H3/q+1. The first-order valence-electron chi connectivity index (χ1n) is 12.7. The number of unbranched alkanes of at least 4 members (excludes halogenated alkanes) is 15. The van der Waals surface area contributed by atoms with Gasteiger partial charge in [0.2, 0.25) is 0 Å². The molecule has 1 aromatic rings. The Bertz CT molecular complexity index is 517. The predicted molar refractivity (Wildman–Crippen MR) is 134 cm³/mol. The van der Waals surface area contributed by atoms with Crippen LogP contribution in [0.2, 0.25) is 0 Å². The lowest BCUT2D eigenvalue weighted by atomic mass is 10.0. The first-order chi connectivity index (χ1) is 14.1. The normalized spacial score (nSPS) is 11.7. The average Bonchev–Trinajstić information content (AvgIpc) is 2.73. The molecule has 0 bridgehead atoms. The number of nitrogens with zero attached hydrogens (tertiary/aromatic N) is 1. The Labute approximate surface area is 183 Å². The highest BCUT2D eigenvalue weighted by atomic mass is 15.3. The molecule has 166 valence electrons. The molecular formula is C28H50N+. The van der Waals surface area contributed by atoms with E-state index in [1.807, 2.05) is 6.20 Å². The summed E-state index contributed by atoms with van der Waals surface area (Å²) in [5.41, 5.74) is 2.88. The molecule has 1 rings (SSSR count). The van der Waals surface area contributed by atoms with Crippen LogP contribution in [0, 0.1) is 0 Å². The van der Waals surface area contributed by atoms with E-state index in [9.17, 15) is 0 Å². The first kappa shape index (κ1) is 26.0. The lowest BCUT2D eigenvalue weighted by molar-refractivity contribution is 0.525. The van der Waals surface area contributed by atoms with E-state index >= 15 is 0 Å². The van der Waals surface area contributed by atoms with Crippen molar-refractivity contribution in [3.63, 3.8) is 0 Å². The molecule has 0 radical (unpaired) electrons. The highest BCUT2D eigenvalue weighted by Crippen LogP contribution is 2.26. The average molecular weight is 401 g/mol. The minimum atomic E-state index is 0.759. The van der Waals surface area contributed by atoms with Gasteiger partial charge in [0.05, 0.1) is 20.3 Å². The van der Waals surface area contributed by atoms with E-state index in [0.29, 0.717) is 0 Å². The highest BCUT2D eigenvalue weighted by Gasteiger charge is 2.18. The highest BCUT2D eigenvalue weighted by molar-refractivity contribution is 5.51. The second-order valence-corrected chi connectivity index (χ2v) is 9.40. The summed E-state index contributed by atoms with van der Waals surface area (Å²) in [4.78, 5) is 0. The topological polar surface area (TPSA) is 0 Å². The van der Waals surface area contributed by atoms with Crippen LogP contribution >= 0.6 is 0 Å². The largest absolute Gasteiger partial charge is 0.270 e. The van der Waals surface area contributed by atoms with Crippen molar-refractivity contribution in [2.75, 3.05) is 14.1 Å². The molecule has 1 nitrogen and oxygen atoms in total. The van der Waals surface area contributed by atoms with Crippen LogP contribution in [0.1, 0.15) is 115 Å². The van der Waals surface area contributed by atoms with Crippen molar-refractivity contribution >= 4 is 5.69 Å². The van der Waals surface area contributed by atoms with Crippen LogP contribution in [0.3, 0.4) is 0 Å². The van der Waals surface area contributed by atoms with Crippen LogP contribution in [0.4, 0.5) is 5.69 Å². The van der Waals surface area contributed by atoms with E-state index in [-0.39, 0.29) is 0 Å². The van der Waals surface area contributed by atoms with Gasteiger partial charge in [0, 0.05) is 5.56 Å². The van der Waals surface area contributed by atoms with E-state index in [4.69, 9.17) is 0 Å². The zero-order chi connectivity index (χ0) is 21.2. The Morgan fingerprint density at radius 3 is 1.52 bits per heavy atom. The van der Waals surface area contributed by atoms with Gasteiger partial charge in [-0.05, 0) is 25.5 Å². The van der Waals surface area contributed by atoms with Crippen LogP contribution in [0.5, 0.6) is 0 Å². The molecule has 29 heavy (non-hydrogen) atoms. The Morgan fingerprint density at radius 1 is 0.655 bits per heavy atom. The summed E-state index contributed by atoms with van der Waals surface area (Å²) in [6.45, 7) is 6.30. The van der Waals surface area contributed by atoms with E-state index < -0.39 is 0 Å². The summed E-state index contributed by atoms with van der Waals surface area (Å²) in [6.07, 6.45) is 26.1. The maximum absolute atomic E-state index is 4.00. The zero-order valence-corrected chi connectivity index (χ0v) is 20.1. The summed E-state index contributed by atoms with van der Waals surface area (Å²) in [6, 6.07) is 8.87. The minimum absolute atomic E-state index is 0.759. The van der Waals surface area contributed by atoms with Gasteiger partial charge in [-0.1, -0.05) is 121 Å². The molecule has 0 spiro atoms. The molecule has 0 atom stereocenters. The fourth-order valence-corrected chi connectivity index (χ4v) is 4.25. The Morgan fingerprint density at radius 2 is 1.07 bits per heavy atom. The summed E-state index contributed by atoms with van der Waals surface area (Å²) in [5.74, 6) is 0. The Hall–Kier alpha value is -1.08. The molecule has 0 fully saturated rings. The molecule has 0 aliphatic carbocycles. The SMILES string of the molecule is C=C[N+](C)(C)c1ccccc1CCCCCCCCCCCCCCCCCC. The molecule has 0 saturated carbocycles. The molecule has 1 heteroatoms. The minimum Gasteiger partial charge on any atom is -0.270 e. The third-order valence-electron chi connectivity index (χ3n) is 6.37. The maximum Gasteiger partial charge on any atom is 0.140 e. The number of quaternary nitrogens is 1. The van der Waals surface area contributed by atoms with E-state index in [1.54, 1.807) is 0 Å². The molecule has 0 aromatic heterocycles. The van der Waals surface area contributed by atoms with Crippen molar-refractivity contribution in [3.05, 3.63) is 42.6 Å². The van der Waals surface area contributed by atoms with Crippen LogP contribution in [-0.4, -0.2) is 14.1 Å². The number of hydrogen-bond donors (Lipinski definition) is 0. The lowest BCUT2D eigenvalue weighted by Crippen LogP contribution is -2.34. The van der Waals surface area contributed by atoms with Gasteiger partial charge in [-0.2, -0.15) is 0 Å². The van der Waals surface area contributed by atoms with Crippen LogP contribution in [0.25, 0.3) is 0 Å². The van der Waals surface area contributed by atoms with Gasteiger partial charge in [-0.3, -0.25) is 4.48 Å². The smallest absolute Gasteiger partial charge is 0.140 e. The maximum atomic E-state index is 4.00. The first-order valence-corrected chi connectivity index (χ1v) is 12.7. The Balaban J connectivity index is 1.95. The van der Waals surface area contributed by atoms with Crippen molar-refractivity contribution in [1.29, 1.82) is 0 Å². The molecular weight excluding hydrogens is 350 g/mol. The van der Waals surface area contributed by atoms with Crippen molar-refractivity contribution in [2.24, 2.45) is 0 Å². The summed E-state index contributed by atoms with van der Waals surface area (Å²) < 4.78 is 0.759. The molecule has 0 aliphatic rings. The molecule has 0 amide bonds. The Kier molecular flexibility index (Phi) is 14.9. The van der Waals surface area contributed by atoms with Crippen molar-refractivity contribution in [2.45, 2.75) is 116 Å². The van der Waals surface area contributed by atoms with Gasteiger partial charge in [-0.15, -0.1) is 0 Å². The monoisotopic (exact) mass is 400 g/mol. The molecule has 0 saturated heterocycles. The molecule has 0 N–H and O–H groups in total. The second-order valence-electron chi connectivity index (χ2n) is 9.40. The predicted octanol–water partition coefficient (Wildman–Crippen LogP) is 9.20. The number of aryl methyl sites for hydroxylation is 1. The van der Waals surface area contributed by atoms with Gasteiger partial charge in [0.15, 0.2) is 0 Å². The number of hydrogen-bond acceptors (Lipinski definition) is 0. The molecule has 0 aliphatic heterocycles. The summed E-state index contributed by atoms with van der Waals surface area (Å²) in [7, 11) is 4.42.